The first-order valence-corrected chi connectivity index (χ1v) is 12.2. The van der Waals surface area contributed by atoms with Crippen LogP contribution in [0.4, 0.5) is 10.5 Å². The molecule has 0 unspecified atom stereocenters. The number of carbonyl (C=O) groups excluding carboxylic acids is 3. The number of hydrogen-bond acceptors (Lipinski definition) is 4. The summed E-state index contributed by atoms with van der Waals surface area (Å²) >= 11 is 0. The molecule has 1 aliphatic rings. The maximum Gasteiger partial charge on any atom is 0.337 e. The second-order valence-electron chi connectivity index (χ2n) is 8.57. The zero-order chi connectivity index (χ0) is 24.2. The summed E-state index contributed by atoms with van der Waals surface area (Å²) < 4.78 is 5.01. The van der Waals surface area contributed by atoms with Crippen LogP contribution in [0.25, 0.3) is 0 Å². The lowest BCUT2D eigenvalue weighted by Crippen LogP contribution is -2.48. The minimum atomic E-state index is -0.641. The van der Waals surface area contributed by atoms with Gasteiger partial charge in [-0.05, 0) is 37.5 Å². The van der Waals surface area contributed by atoms with Crippen molar-refractivity contribution in [2.24, 2.45) is 0 Å². The highest BCUT2D eigenvalue weighted by atomic mass is 16.5. The van der Waals surface area contributed by atoms with Crippen molar-refractivity contribution in [3.05, 3.63) is 41.1 Å². The molecule has 0 aromatic heterocycles. The number of urea groups is 1. The van der Waals surface area contributed by atoms with Crippen molar-refractivity contribution in [2.45, 2.75) is 84.6 Å². The predicted molar refractivity (Wildman–Crippen MR) is 131 cm³/mol. The maximum atomic E-state index is 12.7. The van der Waals surface area contributed by atoms with Crippen LogP contribution in [0.15, 0.2) is 35.5 Å². The van der Waals surface area contributed by atoms with Gasteiger partial charge in [-0.15, -0.1) is 0 Å². The lowest BCUT2D eigenvalue weighted by molar-refractivity contribution is -0.136. The van der Waals surface area contributed by atoms with Crippen molar-refractivity contribution < 1.29 is 19.1 Å². The normalized spacial score (nSPS) is 15.9. The highest BCUT2D eigenvalue weighted by molar-refractivity contribution is 5.95. The second-order valence-corrected chi connectivity index (χ2v) is 8.57. The smallest absolute Gasteiger partial charge is 0.337 e. The summed E-state index contributed by atoms with van der Waals surface area (Å²) in [5.74, 6) is -0.505. The Hall–Kier alpha value is -2.83. The predicted octanol–water partition coefficient (Wildman–Crippen LogP) is 5.69. The molecule has 1 atom stereocenters. The van der Waals surface area contributed by atoms with E-state index in [0.717, 1.165) is 19.3 Å². The summed E-state index contributed by atoms with van der Waals surface area (Å²) in [7, 11) is 1.33. The van der Waals surface area contributed by atoms with Crippen LogP contribution in [0.1, 0.15) is 90.2 Å². The molecule has 0 aliphatic carbocycles. The van der Waals surface area contributed by atoms with E-state index in [1.54, 1.807) is 17.9 Å². The van der Waals surface area contributed by atoms with Crippen molar-refractivity contribution in [3.63, 3.8) is 0 Å². The summed E-state index contributed by atoms with van der Waals surface area (Å²) in [5.41, 5.74) is 2.35. The number of rotatable bonds is 13. The molecule has 1 aromatic rings. The van der Waals surface area contributed by atoms with Crippen LogP contribution in [0.5, 0.6) is 0 Å². The number of benzene rings is 1. The topological polar surface area (TPSA) is 87.7 Å². The van der Waals surface area contributed by atoms with Crippen LogP contribution in [0, 0.1) is 0 Å². The largest absolute Gasteiger partial charge is 0.466 e. The van der Waals surface area contributed by atoms with Crippen molar-refractivity contribution in [2.75, 3.05) is 19.0 Å². The Balaban J connectivity index is 2.07. The van der Waals surface area contributed by atoms with Crippen LogP contribution in [-0.4, -0.2) is 36.5 Å². The molecule has 0 spiro atoms. The summed E-state index contributed by atoms with van der Waals surface area (Å²) in [4.78, 5) is 39.2. The summed E-state index contributed by atoms with van der Waals surface area (Å²) in [5, 5.41) is 5.87. The van der Waals surface area contributed by atoms with Crippen LogP contribution < -0.4 is 10.6 Å². The Kier molecular flexibility index (Phi) is 10.9. The fourth-order valence-corrected chi connectivity index (χ4v) is 4.16. The van der Waals surface area contributed by atoms with E-state index in [2.05, 4.69) is 17.6 Å². The second kappa shape index (κ2) is 13.7. The highest BCUT2D eigenvalue weighted by Crippen LogP contribution is 2.32. The van der Waals surface area contributed by atoms with Gasteiger partial charge >= 0.3 is 12.0 Å². The third-order valence-electron chi connectivity index (χ3n) is 5.96. The van der Waals surface area contributed by atoms with Gasteiger partial charge in [0.2, 0.25) is 5.91 Å². The first kappa shape index (κ1) is 26.4. The van der Waals surface area contributed by atoms with Gasteiger partial charge in [0.05, 0.1) is 18.7 Å². The monoisotopic (exact) mass is 457 g/mol. The van der Waals surface area contributed by atoms with Gasteiger partial charge < -0.3 is 15.4 Å². The van der Waals surface area contributed by atoms with Crippen molar-refractivity contribution in [3.8, 4) is 0 Å². The zero-order valence-electron chi connectivity index (χ0n) is 20.5. The van der Waals surface area contributed by atoms with Crippen LogP contribution in [0.2, 0.25) is 0 Å². The van der Waals surface area contributed by atoms with Gasteiger partial charge in [0.25, 0.3) is 0 Å². The molecule has 1 heterocycles. The van der Waals surface area contributed by atoms with Crippen LogP contribution >= 0.6 is 0 Å². The molecular weight excluding hydrogens is 418 g/mol. The molecule has 0 radical (unpaired) electrons. The number of hydrogen-bond donors (Lipinski definition) is 2. The molecule has 2 rings (SSSR count). The fraction of sp³-hybridized carbons (Fsp3) is 0.577. The van der Waals surface area contributed by atoms with E-state index in [1.165, 1.54) is 39.2 Å². The number of esters is 1. The summed E-state index contributed by atoms with van der Waals surface area (Å²) in [6.07, 6.45) is 9.37. The van der Waals surface area contributed by atoms with Crippen LogP contribution in [0.3, 0.4) is 0 Å². The summed E-state index contributed by atoms with van der Waals surface area (Å²) in [6, 6.07) is 6.38. The fourth-order valence-electron chi connectivity index (χ4n) is 4.16. The molecule has 3 amide bonds. The van der Waals surface area contributed by atoms with Gasteiger partial charge in [-0.25, -0.2) is 9.59 Å². The Labute approximate surface area is 197 Å². The number of anilines is 1. The molecule has 7 heteroatoms. The van der Waals surface area contributed by atoms with E-state index >= 15 is 0 Å². The number of amides is 3. The molecule has 0 saturated heterocycles. The Morgan fingerprint density at radius 3 is 2.42 bits per heavy atom. The SMILES string of the molecule is CCCCCCCCCC(=O)Nc1cccc([C@H]2NC(=O)N(CCC)C(C)=C2C(=O)OC)c1. The lowest BCUT2D eigenvalue weighted by atomic mass is 9.94. The van der Waals surface area contributed by atoms with Gasteiger partial charge in [-0.1, -0.05) is 64.5 Å². The standard InChI is InChI=1S/C26H39N3O4/c1-5-7-8-9-10-11-12-16-22(30)27-21-15-13-14-20(18-21)24-23(25(31)33-4)19(3)29(17-6-2)26(32)28-24/h13-15,18,24H,5-12,16-17H2,1-4H3,(H,27,30)(H,28,32)/t24-/m1/s1. The van der Waals surface area contributed by atoms with E-state index in [-0.39, 0.29) is 11.9 Å². The van der Waals surface area contributed by atoms with E-state index in [1.807, 2.05) is 25.1 Å². The van der Waals surface area contributed by atoms with E-state index < -0.39 is 12.0 Å². The molecule has 0 fully saturated rings. The number of carbonyl (C=O) groups is 3. The number of ether oxygens (including phenoxy) is 1. The van der Waals surface area contributed by atoms with Gasteiger partial charge in [0, 0.05) is 24.4 Å². The number of unbranched alkanes of at least 4 members (excludes halogenated alkanes) is 6. The Morgan fingerprint density at radius 2 is 1.76 bits per heavy atom. The van der Waals surface area contributed by atoms with Gasteiger partial charge in [-0.3, -0.25) is 9.69 Å². The number of nitrogens with one attached hydrogen (secondary N) is 2. The molecule has 7 nitrogen and oxygen atoms in total. The van der Waals surface area contributed by atoms with E-state index in [4.69, 9.17) is 4.74 Å². The minimum absolute atomic E-state index is 0.0255. The lowest BCUT2D eigenvalue weighted by Gasteiger charge is -2.35. The minimum Gasteiger partial charge on any atom is -0.466 e. The highest BCUT2D eigenvalue weighted by Gasteiger charge is 2.35. The summed E-state index contributed by atoms with van der Waals surface area (Å²) in [6.45, 7) is 6.46. The first-order chi connectivity index (χ1) is 15.9. The van der Waals surface area contributed by atoms with Gasteiger partial charge in [0.1, 0.15) is 0 Å². The third-order valence-corrected chi connectivity index (χ3v) is 5.96. The Morgan fingerprint density at radius 1 is 1.06 bits per heavy atom. The van der Waals surface area contributed by atoms with Gasteiger partial charge in [-0.2, -0.15) is 0 Å². The molecule has 2 N–H and O–H groups in total. The molecule has 33 heavy (non-hydrogen) atoms. The molecule has 1 aliphatic heterocycles. The maximum absolute atomic E-state index is 12.7. The molecule has 182 valence electrons. The van der Waals surface area contributed by atoms with E-state index in [9.17, 15) is 14.4 Å². The average Bonchev–Trinajstić information content (AvgIpc) is 2.80. The first-order valence-electron chi connectivity index (χ1n) is 12.2. The van der Waals surface area contributed by atoms with Crippen LogP contribution in [-0.2, 0) is 14.3 Å². The number of allylic oxidation sites excluding steroid dienone is 1. The Bertz CT molecular complexity index is 850. The number of methoxy groups -OCH3 is 1. The third kappa shape index (κ3) is 7.62. The zero-order valence-corrected chi connectivity index (χ0v) is 20.5. The molecule has 0 saturated carbocycles. The van der Waals surface area contributed by atoms with Crippen molar-refractivity contribution in [1.29, 1.82) is 0 Å². The van der Waals surface area contributed by atoms with Gasteiger partial charge in [0.15, 0.2) is 0 Å². The molecule has 0 bridgehead atoms. The van der Waals surface area contributed by atoms with Crippen molar-refractivity contribution >= 4 is 23.6 Å². The molecule has 1 aromatic carbocycles. The number of nitrogens with zero attached hydrogens (tertiary/aromatic N) is 1. The van der Waals surface area contributed by atoms with Crippen molar-refractivity contribution in [1.82, 2.24) is 10.2 Å². The average molecular weight is 458 g/mol. The quantitative estimate of drug-likeness (QED) is 0.294. The van der Waals surface area contributed by atoms with E-state index in [0.29, 0.717) is 35.5 Å². The molecular formula is C26H39N3O4.